The number of benzene rings is 1. The first-order valence-corrected chi connectivity index (χ1v) is 8.25. The van der Waals surface area contributed by atoms with E-state index < -0.39 is 15.8 Å². The summed E-state index contributed by atoms with van der Waals surface area (Å²) in [7, 11) is -3.12. The largest absolute Gasteiger partial charge is 0.478 e. The lowest BCUT2D eigenvalue weighted by Crippen LogP contribution is -2.06. The highest BCUT2D eigenvalue weighted by Crippen LogP contribution is 2.25. The predicted octanol–water partition coefficient (Wildman–Crippen LogP) is 2.29. The standard InChI is InChI=1S/C14H17NO4S/c1-3-15-8-11(9-20(18,19)4-2)12-6-5-10(14(16)17)7-13(12)15/h5-8H,3-4,9H2,1-2H3,(H,16,17). The second-order valence-electron chi connectivity index (χ2n) is 4.65. The molecule has 1 aromatic heterocycles. The van der Waals surface area contributed by atoms with Gasteiger partial charge in [0.05, 0.1) is 11.3 Å². The van der Waals surface area contributed by atoms with Crippen LogP contribution in [0, 0.1) is 0 Å². The third-order valence-corrected chi connectivity index (χ3v) is 5.00. The second kappa shape index (κ2) is 5.28. The van der Waals surface area contributed by atoms with Crippen molar-refractivity contribution in [3.63, 3.8) is 0 Å². The quantitative estimate of drug-likeness (QED) is 0.918. The molecule has 0 radical (unpaired) electrons. The first-order valence-electron chi connectivity index (χ1n) is 6.43. The number of carbonyl (C=O) groups is 1. The molecule has 0 fully saturated rings. The number of carboxylic acids is 1. The van der Waals surface area contributed by atoms with Gasteiger partial charge in [0.25, 0.3) is 0 Å². The first kappa shape index (κ1) is 14.6. The summed E-state index contributed by atoms with van der Waals surface area (Å²) < 4.78 is 25.4. The SMILES string of the molecule is CCn1cc(CS(=O)(=O)CC)c2ccc(C(=O)O)cc21. The normalized spacial score (nSPS) is 11.9. The van der Waals surface area contributed by atoms with Gasteiger partial charge in [-0.2, -0.15) is 0 Å². The first-order chi connectivity index (χ1) is 9.38. The number of rotatable bonds is 5. The maximum Gasteiger partial charge on any atom is 0.335 e. The molecule has 0 spiro atoms. The molecule has 20 heavy (non-hydrogen) atoms. The molecule has 6 heteroatoms. The summed E-state index contributed by atoms with van der Waals surface area (Å²) in [6, 6.07) is 4.78. The van der Waals surface area contributed by atoms with Gasteiger partial charge in [-0.3, -0.25) is 0 Å². The molecule has 1 N–H and O–H groups in total. The van der Waals surface area contributed by atoms with Crippen molar-refractivity contribution < 1.29 is 18.3 Å². The van der Waals surface area contributed by atoms with Gasteiger partial charge < -0.3 is 9.67 Å². The number of hydrogen-bond acceptors (Lipinski definition) is 3. The van der Waals surface area contributed by atoms with E-state index in [1.807, 2.05) is 11.5 Å². The van der Waals surface area contributed by atoms with Crippen molar-refractivity contribution in [3.05, 3.63) is 35.5 Å². The molecule has 0 aliphatic heterocycles. The van der Waals surface area contributed by atoms with Crippen molar-refractivity contribution >= 4 is 26.7 Å². The van der Waals surface area contributed by atoms with Crippen molar-refractivity contribution in [2.45, 2.75) is 26.1 Å². The van der Waals surface area contributed by atoms with Crippen LogP contribution in [0.2, 0.25) is 0 Å². The van der Waals surface area contributed by atoms with Gasteiger partial charge in [-0.25, -0.2) is 13.2 Å². The zero-order valence-corrected chi connectivity index (χ0v) is 12.3. The Morgan fingerprint density at radius 2 is 2.00 bits per heavy atom. The molecular formula is C14H17NO4S. The number of nitrogens with zero attached hydrogens (tertiary/aromatic N) is 1. The Morgan fingerprint density at radius 1 is 1.30 bits per heavy atom. The van der Waals surface area contributed by atoms with E-state index in [2.05, 4.69) is 0 Å². The van der Waals surface area contributed by atoms with Gasteiger partial charge in [0.15, 0.2) is 9.84 Å². The molecule has 1 heterocycles. The van der Waals surface area contributed by atoms with Crippen LogP contribution in [0.15, 0.2) is 24.4 Å². The molecule has 0 saturated carbocycles. The van der Waals surface area contributed by atoms with Gasteiger partial charge in [0.2, 0.25) is 0 Å². The summed E-state index contributed by atoms with van der Waals surface area (Å²) in [5.74, 6) is -0.906. The number of fused-ring (bicyclic) bond motifs is 1. The van der Waals surface area contributed by atoms with E-state index in [-0.39, 0.29) is 17.1 Å². The Kier molecular flexibility index (Phi) is 3.85. The van der Waals surface area contributed by atoms with E-state index in [0.717, 1.165) is 16.5 Å². The van der Waals surface area contributed by atoms with Crippen molar-refractivity contribution in [2.24, 2.45) is 0 Å². The fourth-order valence-electron chi connectivity index (χ4n) is 2.22. The van der Waals surface area contributed by atoms with Gasteiger partial charge in [-0.1, -0.05) is 13.0 Å². The molecule has 1 aromatic carbocycles. The molecule has 108 valence electrons. The zero-order chi connectivity index (χ0) is 14.9. The van der Waals surface area contributed by atoms with Crippen molar-refractivity contribution in [2.75, 3.05) is 5.75 Å². The Morgan fingerprint density at radius 3 is 2.55 bits per heavy atom. The maximum atomic E-state index is 11.8. The topological polar surface area (TPSA) is 76.4 Å². The van der Waals surface area contributed by atoms with Crippen LogP contribution in [0.1, 0.15) is 29.8 Å². The van der Waals surface area contributed by atoms with Crippen LogP contribution in [-0.4, -0.2) is 29.8 Å². The summed E-state index contributed by atoms with van der Waals surface area (Å²) in [6.45, 7) is 4.22. The van der Waals surface area contributed by atoms with Gasteiger partial charge in [0, 0.05) is 29.4 Å². The zero-order valence-electron chi connectivity index (χ0n) is 11.5. The van der Waals surface area contributed by atoms with Crippen LogP contribution in [0.25, 0.3) is 10.9 Å². The molecule has 2 aromatic rings. The number of aryl methyl sites for hydroxylation is 1. The van der Waals surface area contributed by atoms with E-state index >= 15 is 0 Å². The summed E-state index contributed by atoms with van der Waals surface area (Å²) in [4.78, 5) is 11.0. The average molecular weight is 295 g/mol. The number of hydrogen-bond donors (Lipinski definition) is 1. The minimum atomic E-state index is -3.12. The number of aromatic nitrogens is 1. The fraction of sp³-hybridized carbons (Fsp3) is 0.357. The van der Waals surface area contributed by atoms with Gasteiger partial charge in [-0.15, -0.1) is 0 Å². The molecule has 0 amide bonds. The lowest BCUT2D eigenvalue weighted by atomic mass is 10.1. The van der Waals surface area contributed by atoms with E-state index in [9.17, 15) is 13.2 Å². The second-order valence-corrected chi connectivity index (χ2v) is 7.01. The van der Waals surface area contributed by atoms with Crippen LogP contribution in [-0.2, 0) is 22.1 Å². The lowest BCUT2D eigenvalue weighted by Gasteiger charge is -2.01. The average Bonchev–Trinajstić information content (AvgIpc) is 2.75. The molecular weight excluding hydrogens is 278 g/mol. The molecule has 0 aliphatic carbocycles. The number of carboxylic acid groups (broad SMARTS) is 1. The van der Waals surface area contributed by atoms with Gasteiger partial charge in [0.1, 0.15) is 0 Å². The highest BCUT2D eigenvalue weighted by molar-refractivity contribution is 7.90. The highest BCUT2D eigenvalue weighted by atomic mass is 32.2. The van der Waals surface area contributed by atoms with Crippen molar-refractivity contribution in [3.8, 4) is 0 Å². The monoisotopic (exact) mass is 295 g/mol. The number of aromatic carboxylic acids is 1. The summed E-state index contributed by atoms with van der Waals surface area (Å²) >= 11 is 0. The molecule has 0 saturated heterocycles. The van der Waals surface area contributed by atoms with Crippen LogP contribution < -0.4 is 0 Å². The van der Waals surface area contributed by atoms with Crippen LogP contribution >= 0.6 is 0 Å². The summed E-state index contributed by atoms with van der Waals surface area (Å²) in [5.41, 5.74) is 1.68. The third-order valence-electron chi connectivity index (χ3n) is 3.37. The lowest BCUT2D eigenvalue weighted by molar-refractivity contribution is 0.0697. The number of sulfone groups is 1. The van der Waals surface area contributed by atoms with E-state index in [1.165, 1.54) is 6.07 Å². The Balaban J connectivity index is 2.61. The molecule has 0 unspecified atom stereocenters. The van der Waals surface area contributed by atoms with Crippen molar-refractivity contribution in [1.82, 2.24) is 4.57 Å². The smallest absolute Gasteiger partial charge is 0.335 e. The summed E-state index contributed by atoms with van der Waals surface area (Å²) in [6.07, 6.45) is 1.80. The van der Waals surface area contributed by atoms with Crippen LogP contribution in [0.5, 0.6) is 0 Å². The molecule has 0 atom stereocenters. The highest BCUT2D eigenvalue weighted by Gasteiger charge is 2.16. The minimum Gasteiger partial charge on any atom is -0.478 e. The van der Waals surface area contributed by atoms with Crippen LogP contribution in [0.4, 0.5) is 0 Å². The van der Waals surface area contributed by atoms with Crippen molar-refractivity contribution in [1.29, 1.82) is 0 Å². The third kappa shape index (κ3) is 2.70. The Hall–Kier alpha value is -1.82. The fourth-order valence-corrected chi connectivity index (χ4v) is 3.12. The maximum absolute atomic E-state index is 11.8. The van der Waals surface area contributed by atoms with E-state index in [4.69, 9.17) is 5.11 Å². The Bertz CT molecular complexity index is 759. The van der Waals surface area contributed by atoms with Gasteiger partial charge >= 0.3 is 5.97 Å². The van der Waals surface area contributed by atoms with E-state index in [1.54, 1.807) is 25.3 Å². The van der Waals surface area contributed by atoms with Gasteiger partial charge in [-0.05, 0) is 24.6 Å². The van der Waals surface area contributed by atoms with Crippen LogP contribution in [0.3, 0.4) is 0 Å². The molecule has 5 nitrogen and oxygen atoms in total. The van der Waals surface area contributed by atoms with E-state index in [0.29, 0.717) is 6.54 Å². The molecule has 0 bridgehead atoms. The minimum absolute atomic E-state index is 0.0145. The molecule has 2 rings (SSSR count). The summed E-state index contributed by atoms with van der Waals surface area (Å²) in [5, 5.41) is 9.83. The predicted molar refractivity (Wildman–Crippen MR) is 77.7 cm³/mol. The molecule has 0 aliphatic rings. The Labute approximate surface area is 117 Å².